The first-order valence-electron chi connectivity index (χ1n) is 5.78. The average Bonchev–Trinajstić information content (AvgIpc) is 2.24. The van der Waals surface area contributed by atoms with Crippen LogP contribution in [-0.2, 0) is 6.42 Å². The smallest absolute Gasteiger partial charge is 0.0439 e. The Kier molecular flexibility index (Phi) is 6.18. The summed E-state index contributed by atoms with van der Waals surface area (Å²) in [6.45, 7) is 6.47. The van der Waals surface area contributed by atoms with Crippen LogP contribution in [0.3, 0.4) is 0 Å². The van der Waals surface area contributed by atoms with E-state index < -0.39 is 0 Å². The normalized spacial score (nSPS) is 12.8. The van der Waals surface area contributed by atoms with Crippen LogP contribution in [0.15, 0.2) is 18.2 Å². The topological polar surface area (TPSA) is 12.0 Å². The molecule has 1 N–H and O–H groups in total. The highest BCUT2D eigenvalue weighted by atomic mass is 35.5. The van der Waals surface area contributed by atoms with E-state index in [-0.39, 0.29) is 0 Å². The Morgan fingerprint density at radius 2 is 2.06 bits per heavy atom. The van der Waals surface area contributed by atoms with Crippen LogP contribution < -0.4 is 5.32 Å². The lowest BCUT2D eigenvalue weighted by Crippen LogP contribution is -2.17. The summed E-state index contributed by atoms with van der Waals surface area (Å²) in [6.07, 6.45) is 2.15. The lowest BCUT2D eigenvalue weighted by molar-refractivity contribution is 0.504. The molecule has 0 spiro atoms. The van der Waals surface area contributed by atoms with Crippen LogP contribution >= 0.6 is 23.2 Å². The van der Waals surface area contributed by atoms with Gasteiger partial charge in [0.15, 0.2) is 0 Å². The van der Waals surface area contributed by atoms with Crippen LogP contribution in [0.25, 0.3) is 0 Å². The molecular formula is C13H19Cl2N. The maximum atomic E-state index is 6.13. The first kappa shape index (κ1) is 13.8. The van der Waals surface area contributed by atoms with Gasteiger partial charge in [0.05, 0.1) is 0 Å². The van der Waals surface area contributed by atoms with Gasteiger partial charge in [0.2, 0.25) is 0 Å². The van der Waals surface area contributed by atoms with Crippen LogP contribution in [0.4, 0.5) is 0 Å². The largest absolute Gasteiger partial charge is 0.317 e. The summed E-state index contributed by atoms with van der Waals surface area (Å²) in [5.74, 6) is 0.620. The zero-order valence-electron chi connectivity index (χ0n) is 9.89. The molecular weight excluding hydrogens is 241 g/mol. The minimum absolute atomic E-state index is 0.620. The first-order valence-corrected chi connectivity index (χ1v) is 6.53. The van der Waals surface area contributed by atoms with Crippen molar-refractivity contribution in [3.8, 4) is 0 Å². The molecule has 0 bridgehead atoms. The number of benzene rings is 1. The fraction of sp³-hybridized carbons (Fsp3) is 0.538. The molecule has 3 heteroatoms. The van der Waals surface area contributed by atoms with Crippen molar-refractivity contribution < 1.29 is 0 Å². The first-order chi connectivity index (χ1) is 7.63. The molecule has 0 radical (unpaired) electrons. The summed E-state index contributed by atoms with van der Waals surface area (Å²) in [5, 5.41) is 4.91. The molecule has 1 aromatic carbocycles. The van der Waals surface area contributed by atoms with Crippen molar-refractivity contribution in [3.63, 3.8) is 0 Å². The Morgan fingerprint density at radius 1 is 1.31 bits per heavy atom. The maximum Gasteiger partial charge on any atom is 0.0439 e. The van der Waals surface area contributed by atoms with Gasteiger partial charge in [-0.1, -0.05) is 37.0 Å². The molecule has 0 fully saturated rings. The Bertz CT molecular complexity index is 326. The number of hydrogen-bond donors (Lipinski definition) is 1. The van der Waals surface area contributed by atoms with E-state index in [0.717, 1.165) is 41.5 Å². The molecule has 90 valence electrons. The van der Waals surface area contributed by atoms with Crippen molar-refractivity contribution in [1.82, 2.24) is 5.32 Å². The van der Waals surface area contributed by atoms with E-state index in [2.05, 4.69) is 19.2 Å². The standard InChI is InChI=1S/C13H19Cl2N/c1-3-16-7-6-10(2)8-11-9-12(14)4-5-13(11)15/h4-5,9-10,16H,3,6-8H2,1-2H3. The van der Waals surface area contributed by atoms with Gasteiger partial charge in [0.25, 0.3) is 0 Å². The Morgan fingerprint density at radius 3 is 2.75 bits per heavy atom. The molecule has 0 saturated heterocycles. The molecule has 1 aromatic rings. The summed E-state index contributed by atoms with van der Waals surface area (Å²) in [5.41, 5.74) is 1.15. The third kappa shape index (κ3) is 4.73. The van der Waals surface area contributed by atoms with Gasteiger partial charge < -0.3 is 5.32 Å². The summed E-state index contributed by atoms with van der Waals surface area (Å²) >= 11 is 12.1. The van der Waals surface area contributed by atoms with Crippen LogP contribution in [0, 0.1) is 5.92 Å². The predicted octanol–water partition coefficient (Wildman–Crippen LogP) is 4.17. The highest BCUT2D eigenvalue weighted by molar-refractivity contribution is 6.33. The molecule has 1 nitrogen and oxygen atoms in total. The van der Waals surface area contributed by atoms with Gasteiger partial charge in [-0.2, -0.15) is 0 Å². The summed E-state index contributed by atoms with van der Waals surface area (Å²) in [6, 6.07) is 5.67. The SMILES string of the molecule is CCNCCC(C)Cc1cc(Cl)ccc1Cl. The van der Waals surface area contributed by atoms with Crippen molar-refractivity contribution in [2.45, 2.75) is 26.7 Å². The van der Waals surface area contributed by atoms with E-state index in [0.29, 0.717) is 5.92 Å². The molecule has 1 unspecified atom stereocenters. The van der Waals surface area contributed by atoms with Crippen LogP contribution in [-0.4, -0.2) is 13.1 Å². The van der Waals surface area contributed by atoms with Crippen molar-refractivity contribution >= 4 is 23.2 Å². The van der Waals surface area contributed by atoms with Gasteiger partial charge in [0.1, 0.15) is 0 Å². The van der Waals surface area contributed by atoms with E-state index in [1.807, 2.05) is 18.2 Å². The number of rotatable bonds is 6. The summed E-state index contributed by atoms with van der Waals surface area (Å²) in [7, 11) is 0. The zero-order valence-corrected chi connectivity index (χ0v) is 11.4. The average molecular weight is 260 g/mol. The van der Waals surface area contributed by atoms with Crippen LogP contribution in [0.2, 0.25) is 10.0 Å². The molecule has 0 amide bonds. The van der Waals surface area contributed by atoms with Crippen molar-refractivity contribution in [2.75, 3.05) is 13.1 Å². The molecule has 1 rings (SSSR count). The predicted molar refractivity (Wildman–Crippen MR) is 72.5 cm³/mol. The molecule has 0 aromatic heterocycles. The maximum absolute atomic E-state index is 6.13. The minimum Gasteiger partial charge on any atom is -0.317 e. The quantitative estimate of drug-likeness (QED) is 0.757. The third-order valence-electron chi connectivity index (χ3n) is 2.64. The van der Waals surface area contributed by atoms with E-state index in [9.17, 15) is 0 Å². The third-order valence-corrected chi connectivity index (χ3v) is 3.24. The number of nitrogens with one attached hydrogen (secondary N) is 1. The molecule has 0 aliphatic heterocycles. The van der Waals surface area contributed by atoms with Gasteiger partial charge in [-0.05, 0) is 55.6 Å². The second-order valence-electron chi connectivity index (χ2n) is 4.19. The number of halogens is 2. The van der Waals surface area contributed by atoms with Gasteiger partial charge in [-0.25, -0.2) is 0 Å². The van der Waals surface area contributed by atoms with Crippen LogP contribution in [0.5, 0.6) is 0 Å². The Balaban J connectivity index is 2.48. The highest BCUT2D eigenvalue weighted by Gasteiger charge is 2.07. The lowest BCUT2D eigenvalue weighted by Gasteiger charge is -2.13. The second kappa shape index (κ2) is 7.16. The minimum atomic E-state index is 0.620. The Labute approximate surface area is 108 Å². The summed E-state index contributed by atoms with van der Waals surface area (Å²) in [4.78, 5) is 0. The van der Waals surface area contributed by atoms with Crippen molar-refractivity contribution in [3.05, 3.63) is 33.8 Å². The fourth-order valence-corrected chi connectivity index (χ4v) is 2.09. The highest BCUT2D eigenvalue weighted by Crippen LogP contribution is 2.23. The summed E-state index contributed by atoms with van der Waals surface area (Å²) < 4.78 is 0. The Hall–Kier alpha value is -0.240. The van der Waals surface area contributed by atoms with Crippen molar-refractivity contribution in [1.29, 1.82) is 0 Å². The second-order valence-corrected chi connectivity index (χ2v) is 5.03. The molecule has 0 aliphatic carbocycles. The van der Waals surface area contributed by atoms with E-state index in [1.165, 1.54) is 0 Å². The van der Waals surface area contributed by atoms with Crippen LogP contribution in [0.1, 0.15) is 25.8 Å². The molecule has 16 heavy (non-hydrogen) atoms. The van der Waals surface area contributed by atoms with E-state index in [1.54, 1.807) is 0 Å². The van der Waals surface area contributed by atoms with Gasteiger partial charge in [0, 0.05) is 10.0 Å². The molecule has 0 aliphatic rings. The fourth-order valence-electron chi connectivity index (χ4n) is 1.70. The molecule has 0 heterocycles. The number of hydrogen-bond acceptors (Lipinski definition) is 1. The van der Waals surface area contributed by atoms with E-state index in [4.69, 9.17) is 23.2 Å². The van der Waals surface area contributed by atoms with E-state index >= 15 is 0 Å². The van der Waals surface area contributed by atoms with Gasteiger partial charge in [-0.15, -0.1) is 0 Å². The zero-order chi connectivity index (χ0) is 12.0. The van der Waals surface area contributed by atoms with Crippen molar-refractivity contribution in [2.24, 2.45) is 5.92 Å². The molecule has 0 saturated carbocycles. The van der Waals surface area contributed by atoms with Gasteiger partial charge in [-0.3, -0.25) is 0 Å². The van der Waals surface area contributed by atoms with Gasteiger partial charge >= 0.3 is 0 Å². The monoisotopic (exact) mass is 259 g/mol. The lowest BCUT2D eigenvalue weighted by atomic mass is 9.98. The molecule has 1 atom stereocenters.